The van der Waals surface area contributed by atoms with E-state index in [1.54, 1.807) is 18.2 Å². The van der Waals surface area contributed by atoms with Crippen LogP contribution in [0, 0.1) is 0 Å². The van der Waals surface area contributed by atoms with Crippen LogP contribution in [-0.4, -0.2) is 11.0 Å². The average Bonchev–Trinajstić information content (AvgIpc) is 2.38. The second kappa shape index (κ2) is 6.38. The number of carbonyl (C=O) groups excluding carboxylic acids is 1. The SMILES string of the molecule is O=C(Cc1cccc(Br)c1)NCc1ccccc1O. The number of carbonyl (C=O) groups is 1. The Labute approximate surface area is 120 Å². The van der Waals surface area contributed by atoms with Crippen LogP contribution in [0.4, 0.5) is 0 Å². The Bertz CT molecular complexity index is 584. The normalized spacial score (nSPS) is 10.2. The second-order valence-corrected chi connectivity index (χ2v) is 5.13. The van der Waals surface area contributed by atoms with Crippen LogP contribution in [0.2, 0.25) is 0 Å². The predicted molar refractivity (Wildman–Crippen MR) is 77.8 cm³/mol. The number of amides is 1. The molecular formula is C15H14BrNO2. The smallest absolute Gasteiger partial charge is 0.224 e. The van der Waals surface area contributed by atoms with Crippen molar-refractivity contribution in [2.45, 2.75) is 13.0 Å². The van der Waals surface area contributed by atoms with Crippen LogP contribution in [0.15, 0.2) is 53.0 Å². The van der Waals surface area contributed by atoms with Gasteiger partial charge in [0.25, 0.3) is 0 Å². The summed E-state index contributed by atoms with van der Waals surface area (Å²) in [5.41, 5.74) is 1.66. The first-order valence-corrected chi connectivity index (χ1v) is 6.72. The van der Waals surface area contributed by atoms with Crippen molar-refractivity contribution in [3.05, 3.63) is 64.1 Å². The number of halogens is 1. The van der Waals surface area contributed by atoms with Crippen LogP contribution in [0.25, 0.3) is 0 Å². The number of hydrogen-bond acceptors (Lipinski definition) is 2. The Balaban J connectivity index is 1.90. The maximum Gasteiger partial charge on any atom is 0.224 e. The zero-order chi connectivity index (χ0) is 13.7. The molecule has 1 amide bonds. The van der Waals surface area contributed by atoms with Crippen LogP contribution in [0.3, 0.4) is 0 Å². The van der Waals surface area contributed by atoms with E-state index in [0.29, 0.717) is 18.5 Å². The summed E-state index contributed by atoms with van der Waals surface area (Å²) in [6, 6.07) is 14.6. The van der Waals surface area contributed by atoms with E-state index >= 15 is 0 Å². The molecular weight excluding hydrogens is 306 g/mol. The number of nitrogens with one attached hydrogen (secondary N) is 1. The highest BCUT2D eigenvalue weighted by Crippen LogP contribution is 2.15. The molecule has 0 unspecified atom stereocenters. The van der Waals surface area contributed by atoms with E-state index in [2.05, 4.69) is 21.2 Å². The first-order valence-electron chi connectivity index (χ1n) is 5.93. The largest absolute Gasteiger partial charge is 0.508 e. The van der Waals surface area contributed by atoms with E-state index in [-0.39, 0.29) is 11.7 Å². The van der Waals surface area contributed by atoms with Crippen LogP contribution < -0.4 is 5.32 Å². The Morgan fingerprint density at radius 3 is 2.68 bits per heavy atom. The Hall–Kier alpha value is -1.81. The maximum atomic E-state index is 11.8. The van der Waals surface area contributed by atoms with Gasteiger partial charge >= 0.3 is 0 Å². The third kappa shape index (κ3) is 4.10. The standard InChI is InChI=1S/C15H14BrNO2/c16-13-6-3-4-11(8-13)9-15(19)17-10-12-5-1-2-7-14(12)18/h1-8,18H,9-10H2,(H,17,19). The molecule has 3 nitrogen and oxygen atoms in total. The molecule has 98 valence electrons. The number of aromatic hydroxyl groups is 1. The first-order chi connectivity index (χ1) is 9.15. The van der Waals surface area contributed by atoms with Gasteiger partial charge in [0.15, 0.2) is 0 Å². The topological polar surface area (TPSA) is 49.3 Å². The molecule has 0 aliphatic rings. The van der Waals surface area contributed by atoms with E-state index in [1.807, 2.05) is 30.3 Å². The fraction of sp³-hybridized carbons (Fsp3) is 0.133. The van der Waals surface area contributed by atoms with Crippen LogP contribution in [0.1, 0.15) is 11.1 Å². The van der Waals surface area contributed by atoms with Crippen molar-refractivity contribution in [3.63, 3.8) is 0 Å². The van der Waals surface area contributed by atoms with Crippen molar-refractivity contribution in [1.29, 1.82) is 0 Å². The van der Waals surface area contributed by atoms with Crippen LogP contribution in [0.5, 0.6) is 5.75 Å². The van der Waals surface area contributed by atoms with Gasteiger partial charge in [-0.2, -0.15) is 0 Å². The summed E-state index contributed by atoms with van der Waals surface area (Å²) < 4.78 is 0.957. The Morgan fingerprint density at radius 2 is 1.95 bits per heavy atom. The van der Waals surface area contributed by atoms with Gasteiger partial charge in [-0.1, -0.05) is 46.3 Å². The molecule has 4 heteroatoms. The lowest BCUT2D eigenvalue weighted by Crippen LogP contribution is -2.24. The van der Waals surface area contributed by atoms with Crippen molar-refractivity contribution in [3.8, 4) is 5.75 Å². The molecule has 2 rings (SSSR count). The van der Waals surface area contributed by atoms with Crippen molar-refractivity contribution in [1.82, 2.24) is 5.32 Å². The predicted octanol–water partition coefficient (Wildman–Crippen LogP) is 3.01. The summed E-state index contributed by atoms with van der Waals surface area (Å²) >= 11 is 3.37. The van der Waals surface area contributed by atoms with Gasteiger partial charge < -0.3 is 10.4 Å². The number of phenolic OH excluding ortho intramolecular Hbond substituents is 1. The molecule has 0 spiro atoms. The zero-order valence-corrected chi connectivity index (χ0v) is 11.9. The molecule has 0 radical (unpaired) electrons. The van der Waals surface area contributed by atoms with Crippen LogP contribution >= 0.6 is 15.9 Å². The molecule has 0 saturated carbocycles. The minimum atomic E-state index is -0.0682. The Kier molecular flexibility index (Phi) is 4.58. The first kappa shape index (κ1) is 13.6. The summed E-state index contributed by atoms with van der Waals surface area (Å²) in [6.45, 7) is 0.333. The summed E-state index contributed by atoms with van der Waals surface area (Å²) in [6.07, 6.45) is 0.326. The maximum absolute atomic E-state index is 11.8. The van der Waals surface area contributed by atoms with E-state index in [0.717, 1.165) is 10.0 Å². The number of phenols is 1. The second-order valence-electron chi connectivity index (χ2n) is 4.21. The molecule has 0 aromatic heterocycles. The highest BCUT2D eigenvalue weighted by atomic mass is 79.9. The van der Waals surface area contributed by atoms with Gasteiger partial charge in [-0.05, 0) is 23.8 Å². The van der Waals surface area contributed by atoms with E-state index in [4.69, 9.17) is 0 Å². The van der Waals surface area contributed by atoms with Gasteiger partial charge in [0.2, 0.25) is 5.91 Å². The third-order valence-corrected chi connectivity index (χ3v) is 3.21. The number of hydrogen-bond donors (Lipinski definition) is 2. The van der Waals surface area contributed by atoms with Gasteiger partial charge in [-0.3, -0.25) is 4.79 Å². The van der Waals surface area contributed by atoms with E-state index in [9.17, 15) is 9.90 Å². The zero-order valence-electron chi connectivity index (χ0n) is 10.3. The summed E-state index contributed by atoms with van der Waals surface area (Å²) in [5, 5.41) is 12.4. The van der Waals surface area contributed by atoms with Crippen molar-refractivity contribution in [2.75, 3.05) is 0 Å². The minimum Gasteiger partial charge on any atom is -0.508 e. The van der Waals surface area contributed by atoms with Gasteiger partial charge in [0, 0.05) is 16.6 Å². The average molecular weight is 320 g/mol. The highest BCUT2D eigenvalue weighted by molar-refractivity contribution is 9.10. The molecule has 2 aromatic carbocycles. The van der Waals surface area contributed by atoms with Crippen LogP contribution in [-0.2, 0) is 17.8 Å². The fourth-order valence-electron chi connectivity index (χ4n) is 1.75. The van der Waals surface area contributed by atoms with Gasteiger partial charge in [0.05, 0.1) is 6.42 Å². The molecule has 0 fully saturated rings. The summed E-state index contributed by atoms with van der Waals surface area (Å²) in [7, 11) is 0. The van der Waals surface area contributed by atoms with E-state index in [1.165, 1.54) is 0 Å². The number of rotatable bonds is 4. The molecule has 0 saturated heterocycles. The lowest BCUT2D eigenvalue weighted by Gasteiger charge is -2.07. The molecule has 2 aromatic rings. The molecule has 19 heavy (non-hydrogen) atoms. The summed E-state index contributed by atoms with van der Waals surface area (Å²) in [4.78, 5) is 11.8. The van der Waals surface area contributed by atoms with Crippen molar-refractivity contribution in [2.24, 2.45) is 0 Å². The summed E-state index contributed by atoms with van der Waals surface area (Å²) in [5.74, 6) is 0.131. The minimum absolute atomic E-state index is 0.0682. The number of benzene rings is 2. The quantitative estimate of drug-likeness (QED) is 0.910. The van der Waals surface area contributed by atoms with Gasteiger partial charge in [-0.25, -0.2) is 0 Å². The molecule has 0 atom stereocenters. The lowest BCUT2D eigenvalue weighted by atomic mass is 10.1. The third-order valence-electron chi connectivity index (χ3n) is 2.72. The molecule has 0 aliphatic heterocycles. The fourth-order valence-corrected chi connectivity index (χ4v) is 2.20. The lowest BCUT2D eigenvalue weighted by molar-refractivity contribution is -0.120. The highest BCUT2D eigenvalue weighted by Gasteiger charge is 2.05. The monoisotopic (exact) mass is 319 g/mol. The van der Waals surface area contributed by atoms with Crippen molar-refractivity contribution < 1.29 is 9.90 Å². The molecule has 0 heterocycles. The Morgan fingerprint density at radius 1 is 1.16 bits per heavy atom. The molecule has 0 bridgehead atoms. The number of para-hydroxylation sites is 1. The van der Waals surface area contributed by atoms with E-state index < -0.39 is 0 Å². The van der Waals surface area contributed by atoms with Gasteiger partial charge in [0.1, 0.15) is 5.75 Å². The molecule has 0 aliphatic carbocycles. The van der Waals surface area contributed by atoms with Crippen molar-refractivity contribution >= 4 is 21.8 Å². The molecule has 2 N–H and O–H groups in total. The van der Waals surface area contributed by atoms with Gasteiger partial charge in [-0.15, -0.1) is 0 Å².